The molecule has 1 unspecified atom stereocenters. The summed E-state index contributed by atoms with van der Waals surface area (Å²) in [6.45, 7) is 5.54. The number of halogens is 1. The van der Waals surface area contributed by atoms with Crippen LogP contribution in [0.3, 0.4) is 0 Å². The van der Waals surface area contributed by atoms with Gasteiger partial charge in [0.2, 0.25) is 0 Å². The van der Waals surface area contributed by atoms with Crippen LogP contribution in [0, 0.1) is 6.92 Å². The largest absolute Gasteiger partial charge is 0.493 e. The van der Waals surface area contributed by atoms with Gasteiger partial charge in [-0.1, -0.05) is 36.7 Å². The quantitative estimate of drug-likeness (QED) is 0.706. The van der Waals surface area contributed by atoms with Crippen LogP contribution in [0.25, 0.3) is 0 Å². The van der Waals surface area contributed by atoms with Crippen LogP contribution in [0.15, 0.2) is 36.4 Å². The van der Waals surface area contributed by atoms with Crippen molar-refractivity contribution < 1.29 is 14.2 Å². The van der Waals surface area contributed by atoms with E-state index < -0.39 is 0 Å². The van der Waals surface area contributed by atoms with E-state index in [0.29, 0.717) is 23.1 Å². The second-order valence-electron chi connectivity index (χ2n) is 5.84. The van der Waals surface area contributed by atoms with Crippen molar-refractivity contribution in [1.82, 2.24) is 5.32 Å². The van der Waals surface area contributed by atoms with Crippen molar-refractivity contribution in [2.24, 2.45) is 0 Å². The summed E-state index contributed by atoms with van der Waals surface area (Å²) in [6, 6.07) is 11.7. The maximum atomic E-state index is 6.33. The fraction of sp³-hybridized carbons (Fsp3) is 0.400. The van der Waals surface area contributed by atoms with Gasteiger partial charge in [-0.05, 0) is 36.6 Å². The van der Waals surface area contributed by atoms with E-state index in [1.54, 1.807) is 20.3 Å². The Labute approximate surface area is 155 Å². The van der Waals surface area contributed by atoms with Gasteiger partial charge in [0.15, 0.2) is 11.5 Å². The van der Waals surface area contributed by atoms with Crippen molar-refractivity contribution in [2.75, 3.05) is 20.8 Å². The fourth-order valence-electron chi connectivity index (χ4n) is 2.54. The number of benzene rings is 2. The van der Waals surface area contributed by atoms with Gasteiger partial charge in [-0.3, -0.25) is 0 Å². The molecular weight excluding hydrogens is 338 g/mol. The zero-order valence-electron chi connectivity index (χ0n) is 15.3. The molecule has 0 saturated heterocycles. The third-order valence-corrected chi connectivity index (χ3v) is 4.43. The van der Waals surface area contributed by atoms with Crippen LogP contribution >= 0.6 is 11.6 Å². The van der Waals surface area contributed by atoms with Gasteiger partial charge in [-0.2, -0.15) is 0 Å². The molecule has 0 saturated carbocycles. The number of hydrogen-bond donors (Lipinski definition) is 1. The Morgan fingerprint density at radius 1 is 1.04 bits per heavy atom. The van der Waals surface area contributed by atoms with E-state index in [1.807, 2.05) is 24.3 Å². The van der Waals surface area contributed by atoms with Crippen molar-refractivity contribution in [1.29, 1.82) is 0 Å². The van der Waals surface area contributed by atoms with Gasteiger partial charge in [-0.25, -0.2) is 0 Å². The summed E-state index contributed by atoms with van der Waals surface area (Å²) in [5, 5.41) is 4.07. The van der Waals surface area contributed by atoms with Crippen molar-refractivity contribution in [3.05, 3.63) is 52.5 Å². The predicted molar refractivity (Wildman–Crippen MR) is 102 cm³/mol. The minimum absolute atomic E-state index is 0.0972. The summed E-state index contributed by atoms with van der Waals surface area (Å²) in [5.74, 6) is 2.23. The summed E-state index contributed by atoms with van der Waals surface area (Å²) in [6.07, 6.45) is 1.01. The molecule has 4 nitrogen and oxygen atoms in total. The van der Waals surface area contributed by atoms with Gasteiger partial charge in [0, 0.05) is 24.2 Å². The molecule has 136 valence electrons. The van der Waals surface area contributed by atoms with Crippen molar-refractivity contribution >= 4 is 11.6 Å². The molecule has 0 aromatic heterocycles. The highest BCUT2D eigenvalue weighted by atomic mass is 35.5. The van der Waals surface area contributed by atoms with E-state index in [0.717, 1.165) is 29.8 Å². The summed E-state index contributed by atoms with van der Waals surface area (Å²) in [4.78, 5) is 0. The van der Waals surface area contributed by atoms with Crippen LogP contribution in [0.2, 0.25) is 5.02 Å². The molecule has 0 aliphatic carbocycles. The van der Waals surface area contributed by atoms with Gasteiger partial charge in [0.05, 0.1) is 14.2 Å². The number of rotatable bonds is 9. The molecule has 0 aliphatic rings. The molecule has 25 heavy (non-hydrogen) atoms. The lowest BCUT2D eigenvalue weighted by atomic mass is 10.2. The van der Waals surface area contributed by atoms with Crippen LogP contribution in [0.5, 0.6) is 17.2 Å². The van der Waals surface area contributed by atoms with Gasteiger partial charge in [0.1, 0.15) is 11.9 Å². The standard InChI is InChI=1S/C20H26ClNO3/c1-5-16(25-18-9-7-6-8-14(18)2)13-22-12-15-10-19(23-3)20(24-4)11-17(15)21/h6-11,16,22H,5,12-13H2,1-4H3. The molecule has 1 N–H and O–H groups in total. The Morgan fingerprint density at radius 2 is 1.72 bits per heavy atom. The van der Waals surface area contributed by atoms with E-state index in [1.165, 1.54) is 0 Å². The summed E-state index contributed by atoms with van der Waals surface area (Å²) >= 11 is 6.33. The maximum absolute atomic E-state index is 6.33. The van der Waals surface area contributed by atoms with Crippen LogP contribution < -0.4 is 19.5 Å². The molecule has 0 heterocycles. The second-order valence-corrected chi connectivity index (χ2v) is 6.25. The summed E-state index contributed by atoms with van der Waals surface area (Å²) in [7, 11) is 3.22. The molecule has 0 fully saturated rings. The normalized spacial score (nSPS) is 11.9. The maximum Gasteiger partial charge on any atom is 0.162 e. The zero-order chi connectivity index (χ0) is 18.2. The Hall–Kier alpha value is -1.91. The molecule has 2 aromatic carbocycles. The van der Waals surface area contributed by atoms with E-state index in [9.17, 15) is 0 Å². The van der Waals surface area contributed by atoms with E-state index >= 15 is 0 Å². The van der Waals surface area contributed by atoms with Crippen molar-refractivity contribution in [3.63, 3.8) is 0 Å². The predicted octanol–water partition coefficient (Wildman–Crippen LogP) is 4.61. The highest BCUT2D eigenvalue weighted by Crippen LogP contribution is 2.33. The fourth-order valence-corrected chi connectivity index (χ4v) is 2.76. The number of ether oxygens (including phenoxy) is 3. The Morgan fingerprint density at radius 3 is 2.36 bits per heavy atom. The Kier molecular flexibility index (Phi) is 7.41. The first-order chi connectivity index (χ1) is 12.1. The zero-order valence-corrected chi connectivity index (χ0v) is 16.0. The number of aryl methyl sites for hydroxylation is 1. The molecule has 0 spiro atoms. The van der Waals surface area contributed by atoms with Gasteiger partial charge in [-0.15, -0.1) is 0 Å². The van der Waals surface area contributed by atoms with E-state index in [-0.39, 0.29) is 6.10 Å². The van der Waals surface area contributed by atoms with Crippen LogP contribution in [-0.4, -0.2) is 26.9 Å². The summed E-state index contributed by atoms with van der Waals surface area (Å²) < 4.78 is 16.7. The SMILES string of the molecule is CCC(CNCc1cc(OC)c(OC)cc1Cl)Oc1ccccc1C. The minimum atomic E-state index is 0.0972. The van der Waals surface area contributed by atoms with Gasteiger partial charge < -0.3 is 19.5 Å². The minimum Gasteiger partial charge on any atom is -0.493 e. The molecule has 1 atom stereocenters. The number of hydrogen-bond acceptors (Lipinski definition) is 4. The lowest BCUT2D eigenvalue weighted by Gasteiger charge is -2.20. The number of methoxy groups -OCH3 is 2. The Balaban J connectivity index is 1.95. The average Bonchev–Trinajstić information content (AvgIpc) is 2.63. The topological polar surface area (TPSA) is 39.7 Å². The van der Waals surface area contributed by atoms with Crippen LogP contribution in [0.4, 0.5) is 0 Å². The molecule has 0 amide bonds. The third-order valence-electron chi connectivity index (χ3n) is 4.08. The van der Waals surface area contributed by atoms with E-state index in [2.05, 4.69) is 25.2 Å². The molecular formula is C20H26ClNO3. The first-order valence-electron chi connectivity index (χ1n) is 8.42. The first kappa shape index (κ1) is 19.4. The molecule has 2 aromatic rings. The molecule has 0 radical (unpaired) electrons. The van der Waals surface area contributed by atoms with Crippen LogP contribution in [-0.2, 0) is 6.54 Å². The van der Waals surface area contributed by atoms with Crippen molar-refractivity contribution in [2.45, 2.75) is 32.9 Å². The number of para-hydroxylation sites is 1. The highest BCUT2D eigenvalue weighted by Gasteiger charge is 2.12. The highest BCUT2D eigenvalue weighted by molar-refractivity contribution is 6.31. The lowest BCUT2D eigenvalue weighted by Crippen LogP contribution is -2.30. The van der Waals surface area contributed by atoms with Gasteiger partial charge >= 0.3 is 0 Å². The average molecular weight is 364 g/mol. The van der Waals surface area contributed by atoms with Crippen LogP contribution in [0.1, 0.15) is 24.5 Å². The first-order valence-corrected chi connectivity index (χ1v) is 8.80. The summed E-state index contributed by atoms with van der Waals surface area (Å²) in [5.41, 5.74) is 2.11. The number of nitrogens with one attached hydrogen (secondary N) is 1. The second kappa shape index (κ2) is 9.54. The van der Waals surface area contributed by atoms with E-state index in [4.69, 9.17) is 25.8 Å². The molecule has 0 bridgehead atoms. The van der Waals surface area contributed by atoms with Gasteiger partial charge in [0.25, 0.3) is 0 Å². The smallest absolute Gasteiger partial charge is 0.162 e. The molecule has 2 rings (SSSR count). The Bertz CT molecular complexity index is 691. The molecule has 0 aliphatic heterocycles. The van der Waals surface area contributed by atoms with Crippen molar-refractivity contribution in [3.8, 4) is 17.2 Å². The molecule has 5 heteroatoms. The third kappa shape index (κ3) is 5.28. The lowest BCUT2D eigenvalue weighted by molar-refractivity contribution is 0.191. The monoisotopic (exact) mass is 363 g/mol.